The fourth-order valence-corrected chi connectivity index (χ4v) is 5.93. The minimum Gasteiger partial charge on any atom is -0.391 e. The number of aliphatic hydroxyl groups is 1. The lowest BCUT2D eigenvalue weighted by atomic mass is 10.1. The van der Waals surface area contributed by atoms with Gasteiger partial charge in [0, 0.05) is 55.4 Å². The molecule has 1 aliphatic rings. The lowest BCUT2D eigenvalue weighted by Crippen LogP contribution is -2.31. The molecule has 0 saturated carbocycles. The van der Waals surface area contributed by atoms with Crippen molar-refractivity contribution in [2.75, 3.05) is 25.0 Å². The van der Waals surface area contributed by atoms with E-state index in [1.54, 1.807) is 29.4 Å². The topological polar surface area (TPSA) is 124 Å². The number of carbonyl (C=O) groups excluding carboxylic acids is 1. The van der Waals surface area contributed by atoms with Crippen LogP contribution in [0.15, 0.2) is 55.0 Å². The molecule has 1 atom stereocenters. The second-order valence-electron chi connectivity index (χ2n) is 10.1. The number of imidazole rings is 1. The van der Waals surface area contributed by atoms with Gasteiger partial charge in [-0.15, -0.1) is 0 Å². The van der Waals surface area contributed by atoms with E-state index in [1.807, 2.05) is 41.6 Å². The van der Waals surface area contributed by atoms with Gasteiger partial charge in [-0.25, -0.2) is 24.3 Å². The van der Waals surface area contributed by atoms with E-state index >= 15 is 0 Å². The summed E-state index contributed by atoms with van der Waals surface area (Å²) in [5, 5.41) is 20.1. The molecule has 212 valence electrons. The normalized spacial score (nSPS) is 14.8. The number of aryl methyl sites for hydroxylation is 1. The average molecular weight is 583 g/mol. The predicted molar refractivity (Wildman–Crippen MR) is 157 cm³/mol. The molecule has 10 nitrogen and oxygen atoms in total. The number of amides is 1. The summed E-state index contributed by atoms with van der Waals surface area (Å²) >= 11 is 1.26. The largest absolute Gasteiger partial charge is 0.391 e. The number of fused-ring (bicyclic) bond motifs is 1. The summed E-state index contributed by atoms with van der Waals surface area (Å²) in [6.45, 7) is 2.93. The van der Waals surface area contributed by atoms with E-state index in [2.05, 4.69) is 16.0 Å². The molecule has 12 heteroatoms. The molecule has 5 heterocycles. The first kappa shape index (κ1) is 27.4. The van der Waals surface area contributed by atoms with Crippen molar-refractivity contribution in [2.24, 2.45) is 0 Å². The maximum Gasteiger partial charge on any atom is 0.230 e. The smallest absolute Gasteiger partial charge is 0.230 e. The fourth-order valence-electron chi connectivity index (χ4n) is 5.08. The van der Waals surface area contributed by atoms with E-state index in [9.17, 15) is 19.6 Å². The summed E-state index contributed by atoms with van der Waals surface area (Å²) in [4.78, 5) is 35.0. The van der Waals surface area contributed by atoms with Gasteiger partial charge in [0.15, 0.2) is 5.13 Å². The Morgan fingerprint density at radius 1 is 1.14 bits per heavy atom. The van der Waals surface area contributed by atoms with E-state index < -0.39 is 6.10 Å². The molecule has 42 heavy (non-hydrogen) atoms. The Balaban J connectivity index is 1.30. The Morgan fingerprint density at radius 3 is 2.55 bits per heavy atom. The molecular formula is C30H27FN8O2S. The zero-order valence-electron chi connectivity index (χ0n) is 23.0. The number of hydrogen-bond donors (Lipinski definition) is 1. The SMILES string of the molecule is CCc1nc2ccc(-c3cnc(CC(=O)N4CC[C@H](O)C4)nc3)cn2c1N(C)c1nc(-c2ccc(F)cc2)c(C#N)s1. The molecule has 1 saturated heterocycles. The quantitative estimate of drug-likeness (QED) is 0.300. The first-order chi connectivity index (χ1) is 20.3. The summed E-state index contributed by atoms with van der Waals surface area (Å²) < 4.78 is 15.5. The average Bonchev–Trinajstić information content (AvgIpc) is 3.73. The molecule has 0 unspecified atom stereocenters. The van der Waals surface area contributed by atoms with Gasteiger partial charge in [-0.2, -0.15) is 5.26 Å². The van der Waals surface area contributed by atoms with Crippen LogP contribution in [0.3, 0.4) is 0 Å². The van der Waals surface area contributed by atoms with E-state index in [0.717, 1.165) is 28.3 Å². The van der Waals surface area contributed by atoms with Crippen LogP contribution in [0.1, 0.15) is 29.7 Å². The predicted octanol–water partition coefficient (Wildman–Crippen LogP) is 4.39. The number of nitrogens with zero attached hydrogens (tertiary/aromatic N) is 8. The zero-order valence-corrected chi connectivity index (χ0v) is 23.8. The van der Waals surface area contributed by atoms with E-state index in [1.165, 1.54) is 23.5 Å². The van der Waals surface area contributed by atoms with E-state index in [4.69, 9.17) is 9.97 Å². The van der Waals surface area contributed by atoms with Crippen molar-refractivity contribution in [3.8, 4) is 28.5 Å². The second kappa shape index (κ2) is 11.3. The van der Waals surface area contributed by atoms with Crippen molar-refractivity contribution < 1.29 is 14.3 Å². The third kappa shape index (κ3) is 5.20. The third-order valence-corrected chi connectivity index (χ3v) is 8.34. The van der Waals surface area contributed by atoms with Crippen LogP contribution in [-0.4, -0.2) is 66.5 Å². The molecule has 1 aliphatic heterocycles. The highest BCUT2D eigenvalue weighted by Crippen LogP contribution is 2.37. The van der Waals surface area contributed by atoms with Crippen LogP contribution >= 0.6 is 11.3 Å². The number of hydrogen-bond acceptors (Lipinski definition) is 9. The number of likely N-dealkylation sites (tertiary alicyclic amines) is 1. The van der Waals surface area contributed by atoms with Gasteiger partial charge in [0.25, 0.3) is 0 Å². The zero-order chi connectivity index (χ0) is 29.4. The second-order valence-corrected chi connectivity index (χ2v) is 11.1. The first-order valence-electron chi connectivity index (χ1n) is 13.5. The number of pyridine rings is 1. The molecule has 1 N–H and O–H groups in total. The van der Waals surface area contributed by atoms with Gasteiger partial charge in [-0.3, -0.25) is 9.20 Å². The fraction of sp³-hybridized carbons (Fsp3) is 0.267. The van der Waals surface area contributed by atoms with E-state index in [-0.39, 0.29) is 18.1 Å². The molecule has 0 spiro atoms. The summed E-state index contributed by atoms with van der Waals surface area (Å²) in [6.07, 6.45) is 6.25. The summed E-state index contributed by atoms with van der Waals surface area (Å²) in [5.74, 6) is 0.796. The molecule has 0 bridgehead atoms. The van der Waals surface area contributed by atoms with Crippen LogP contribution in [0, 0.1) is 17.1 Å². The van der Waals surface area contributed by atoms with Crippen LogP contribution in [0.5, 0.6) is 0 Å². The lowest BCUT2D eigenvalue weighted by molar-refractivity contribution is -0.129. The van der Waals surface area contributed by atoms with Crippen LogP contribution in [0.4, 0.5) is 15.3 Å². The summed E-state index contributed by atoms with van der Waals surface area (Å²) in [6, 6.07) is 12.0. The van der Waals surface area contributed by atoms with Crippen molar-refractivity contribution in [3.63, 3.8) is 0 Å². The Kier molecular flexibility index (Phi) is 7.36. The number of rotatable bonds is 7. The number of halogens is 1. The van der Waals surface area contributed by atoms with Gasteiger partial charge < -0.3 is 14.9 Å². The Morgan fingerprint density at radius 2 is 1.88 bits per heavy atom. The van der Waals surface area contributed by atoms with Gasteiger partial charge in [-0.1, -0.05) is 18.3 Å². The van der Waals surface area contributed by atoms with Crippen molar-refractivity contribution in [1.82, 2.24) is 29.2 Å². The van der Waals surface area contributed by atoms with Gasteiger partial charge >= 0.3 is 0 Å². The molecule has 1 fully saturated rings. The van der Waals surface area contributed by atoms with Crippen molar-refractivity contribution in [1.29, 1.82) is 5.26 Å². The number of benzene rings is 1. The number of aromatic nitrogens is 5. The lowest BCUT2D eigenvalue weighted by Gasteiger charge is -2.17. The van der Waals surface area contributed by atoms with E-state index in [0.29, 0.717) is 53.0 Å². The molecule has 0 radical (unpaired) electrons. The van der Waals surface area contributed by atoms with Crippen LogP contribution < -0.4 is 4.90 Å². The number of carbonyl (C=O) groups is 1. The molecule has 5 aromatic rings. The minimum absolute atomic E-state index is 0.0841. The van der Waals surface area contributed by atoms with Gasteiger partial charge in [0.2, 0.25) is 5.91 Å². The number of β-amino-alcohol motifs (C(OH)–C–C–N with tert-alkyl or cyclic N) is 1. The molecule has 1 amide bonds. The van der Waals surface area contributed by atoms with Gasteiger partial charge in [-0.05, 0) is 49.2 Å². The Hall–Kier alpha value is -4.73. The first-order valence-corrected chi connectivity index (χ1v) is 14.3. The standard InChI is InChI=1S/C30H27FN8O2S/c1-3-23-29(37(2)30-36-28(24(13-32)42-30)18-4-7-21(31)8-5-18)39-16-19(6-9-26(39)35-23)20-14-33-25(34-15-20)12-27(41)38-11-10-22(40)17-38/h4-9,14-16,22,40H,3,10-12,17H2,1-2H3/t22-/m0/s1. The van der Waals surface area contributed by atoms with Gasteiger partial charge in [0.1, 0.15) is 39.7 Å². The van der Waals surface area contributed by atoms with Crippen molar-refractivity contribution >= 4 is 33.8 Å². The summed E-state index contributed by atoms with van der Waals surface area (Å²) in [7, 11) is 1.89. The van der Waals surface area contributed by atoms with Gasteiger partial charge in [0.05, 0.1) is 18.2 Å². The van der Waals surface area contributed by atoms with Crippen LogP contribution in [0.25, 0.3) is 28.0 Å². The third-order valence-electron chi connectivity index (χ3n) is 7.30. The Labute approximate surface area is 245 Å². The van der Waals surface area contributed by atoms with Crippen LogP contribution in [-0.2, 0) is 17.6 Å². The van der Waals surface area contributed by atoms with Crippen molar-refractivity contribution in [3.05, 3.63) is 77.2 Å². The summed E-state index contributed by atoms with van der Waals surface area (Å²) in [5.41, 5.74) is 4.44. The molecule has 0 aliphatic carbocycles. The molecule has 4 aromatic heterocycles. The maximum absolute atomic E-state index is 13.5. The number of anilines is 2. The number of nitriles is 1. The molecular weight excluding hydrogens is 555 g/mol. The maximum atomic E-state index is 13.5. The molecule has 6 rings (SSSR count). The monoisotopic (exact) mass is 582 g/mol. The highest BCUT2D eigenvalue weighted by molar-refractivity contribution is 7.16. The Bertz CT molecular complexity index is 1810. The van der Waals surface area contributed by atoms with Crippen LogP contribution in [0.2, 0.25) is 0 Å². The number of aliphatic hydroxyl groups excluding tert-OH is 1. The highest BCUT2D eigenvalue weighted by atomic mass is 32.1. The molecule has 1 aromatic carbocycles. The minimum atomic E-state index is -0.464. The highest BCUT2D eigenvalue weighted by Gasteiger charge is 2.25. The van der Waals surface area contributed by atoms with Crippen molar-refractivity contribution in [2.45, 2.75) is 32.3 Å². The number of thiazole rings is 1.